The Balaban J connectivity index is 2.08. The van der Waals surface area contributed by atoms with Crippen molar-refractivity contribution in [2.75, 3.05) is 13.1 Å². The van der Waals surface area contributed by atoms with Crippen LogP contribution in [-0.2, 0) is 9.53 Å². The van der Waals surface area contributed by atoms with Gasteiger partial charge in [-0.05, 0) is 27.2 Å². The summed E-state index contributed by atoms with van der Waals surface area (Å²) in [4.78, 5) is 14.4. The van der Waals surface area contributed by atoms with E-state index in [9.17, 15) is 4.79 Å². The van der Waals surface area contributed by atoms with E-state index >= 15 is 0 Å². The average Bonchev–Trinajstić information content (AvgIpc) is 2.59. The highest BCUT2D eigenvalue weighted by molar-refractivity contribution is 5.83. The number of ketones is 1. The van der Waals surface area contributed by atoms with Crippen molar-refractivity contribution in [2.45, 2.75) is 58.3 Å². The molecule has 0 aromatic heterocycles. The molecule has 0 aliphatic carbocycles. The molecule has 0 aromatic rings. The van der Waals surface area contributed by atoms with E-state index in [1.807, 2.05) is 13.8 Å². The fraction of sp³-hybridized carbons (Fsp3) is 0.923. The highest BCUT2D eigenvalue weighted by Crippen LogP contribution is 2.37. The van der Waals surface area contributed by atoms with Crippen molar-refractivity contribution < 1.29 is 9.53 Å². The first-order valence-corrected chi connectivity index (χ1v) is 6.38. The molecule has 92 valence electrons. The second kappa shape index (κ2) is 4.11. The fourth-order valence-corrected chi connectivity index (χ4v) is 2.84. The van der Waals surface area contributed by atoms with Crippen LogP contribution in [0.3, 0.4) is 0 Å². The molecule has 2 aliphatic rings. The molecule has 3 heteroatoms. The number of likely N-dealkylation sites (tertiary alicyclic amines) is 1. The third kappa shape index (κ3) is 2.03. The van der Waals surface area contributed by atoms with Gasteiger partial charge in [0.15, 0.2) is 0 Å². The highest BCUT2D eigenvalue weighted by atomic mass is 16.5. The molecule has 1 spiro atoms. The predicted molar refractivity (Wildman–Crippen MR) is 63.4 cm³/mol. The van der Waals surface area contributed by atoms with E-state index in [2.05, 4.69) is 18.7 Å². The molecular formula is C13H23NO2. The van der Waals surface area contributed by atoms with Gasteiger partial charge in [0.05, 0.1) is 11.7 Å². The van der Waals surface area contributed by atoms with Crippen molar-refractivity contribution in [1.82, 2.24) is 4.90 Å². The Kier molecular flexibility index (Phi) is 3.10. The largest absolute Gasteiger partial charge is 0.369 e. The van der Waals surface area contributed by atoms with Gasteiger partial charge in [-0.2, -0.15) is 0 Å². The summed E-state index contributed by atoms with van der Waals surface area (Å²) in [7, 11) is 0. The van der Waals surface area contributed by atoms with Crippen molar-refractivity contribution in [1.29, 1.82) is 0 Å². The van der Waals surface area contributed by atoms with Crippen LogP contribution in [0.25, 0.3) is 0 Å². The summed E-state index contributed by atoms with van der Waals surface area (Å²) >= 11 is 0. The molecule has 0 amide bonds. The van der Waals surface area contributed by atoms with Crippen LogP contribution < -0.4 is 0 Å². The molecule has 0 aromatic carbocycles. The monoisotopic (exact) mass is 225 g/mol. The smallest absolute Gasteiger partial charge is 0.141 e. The van der Waals surface area contributed by atoms with Gasteiger partial charge in [0.25, 0.3) is 0 Å². The van der Waals surface area contributed by atoms with Gasteiger partial charge in [-0.1, -0.05) is 6.92 Å². The zero-order chi connectivity index (χ0) is 11.9. The lowest BCUT2D eigenvalue weighted by Crippen LogP contribution is -2.49. The molecule has 2 rings (SSSR count). The van der Waals surface area contributed by atoms with Crippen LogP contribution in [0.2, 0.25) is 0 Å². The van der Waals surface area contributed by atoms with Crippen LogP contribution in [0.1, 0.15) is 40.5 Å². The topological polar surface area (TPSA) is 29.5 Å². The SMILES string of the molecule is CC1OC2(CCN(C(C)C)C2)CC(=O)C1C. The predicted octanol–water partition coefficient (Wildman–Crippen LogP) is 1.85. The number of nitrogens with zero attached hydrogens (tertiary/aromatic N) is 1. The van der Waals surface area contributed by atoms with Crippen molar-refractivity contribution in [3.8, 4) is 0 Å². The van der Waals surface area contributed by atoms with Gasteiger partial charge in [-0.25, -0.2) is 0 Å². The number of carbonyl (C=O) groups excluding carboxylic acids is 1. The van der Waals surface area contributed by atoms with E-state index in [1.54, 1.807) is 0 Å². The minimum Gasteiger partial charge on any atom is -0.369 e. The second-order valence-corrected chi connectivity index (χ2v) is 5.75. The van der Waals surface area contributed by atoms with E-state index in [4.69, 9.17) is 4.74 Å². The molecule has 2 saturated heterocycles. The van der Waals surface area contributed by atoms with Gasteiger partial charge in [0, 0.05) is 31.5 Å². The first kappa shape index (κ1) is 12.1. The summed E-state index contributed by atoms with van der Waals surface area (Å²) in [6, 6.07) is 0.549. The Bertz CT molecular complexity index is 290. The lowest BCUT2D eigenvalue weighted by Gasteiger charge is -2.40. The Morgan fingerprint density at radius 2 is 2.12 bits per heavy atom. The molecule has 3 nitrogen and oxygen atoms in total. The minimum absolute atomic E-state index is 0.0683. The van der Waals surface area contributed by atoms with Gasteiger partial charge in [0.2, 0.25) is 0 Å². The van der Waals surface area contributed by atoms with Crippen molar-refractivity contribution in [3.05, 3.63) is 0 Å². The third-order valence-corrected chi connectivity index (χ3v) is 4.22. The fourth-order valence-electron chi connectivity index (χ4n) is 2.84. The van der Waals surface area contributed by atoms with Gasteiger partial charge in [0.1, 0.15) is 5.78 Å². The maximum atomic E-state index is 11.9. The highest BCUT2D eigenvalue weighted by Gasteiger charge is 2.47. The van der Waals surface area contributed by atoms with E-state index in [-0.39, 0.29) is 17.6 Å². The average molecular weight is 225 g/mol. The Labute approximate surface area is 98.1 Å². The van der Waals surface area contributed by atoms with Crippen LogP contribution in [-0.4, -0.2) is 41.5 Å². The lowest BCUT2D eigenvalue weighted by atomic mass is 9.84. The molecule has 3 unspecified atom stereocenters. The molecule has 0 N–H and O–H groups in total. The van der Waals surface area contributed by atoms with Gasteiger partial charge < -0.3 is 4.74 Å². The number of rotatable bonds is 1. The first-order valence-electron chi connectivity index (χ1n) is 6.38. The van der Waals surface area contributed by atoms with Crippen LogP contribution in [0.15, 0.2) is 0 Å². The van der Waals surface area contributed by atoms with E-state index in [0.29, 0.717) is 18.2 Å². The normalized spacial score (nSPS) is 41.2. The van der Waals surface area contributed by atoms with Crippen molar-refractivity contribution in [2.24, 2.45) is 5.92 Å². The number of hydrogen-bond donors (Lipinski definition) is 0. The summed E-state index contributed by atoms with van der Waals surface area (Å²) in [5, 5.41) is 0. The third-order valence-electron chi connectivity index (χ3n) is 4.22. The first-order chi connectivity index (χ1) is 7.43. The van der Waals surface area contributed by atoms with Gasteiger partial charge in [-0.15, -0.1) is 0 Å². The minimum atomic E-state index is -0.173. The molecule has 2 fully saturated rings. The number of Topliss-reactive ketones (excluding diaryl/α,β-unsaturated/α-hetero) is 1. The maximum Gasteiger partial charge on any atom is 0.141 e. The van der Waals surface area contributed by atoms with Crippen LogP contribution in [0.4, 0.5) is 0 Å². The van der Waals surface area contributed by atoms with Crippen LogP contribution >= 0.6 is 0 Å². The Morgan fingerprint density at radius 1 is 1.44 bits per heavy atom. The van der Waals surface area contributed by atoms with Gasteiger partial charge >= 0.3 is 0 Å². The van der Waals surface area contributed by atoms with Gasteiger partial charge in [-0.3, -0.25) is 9.69 Å². The maximum absolute atomic E-state index is 11.9. The van der Waals surface area contributed by atoms with E-state index < -0.39 is 0 Å². The standard InChI is InChI=1S/C13H23NO2/c1-9(2)14-6-5-13(8-14)7-12(15)10(3)11(4)16-13/h9-11H,5-8H2,1-4H3. The molecule has 0 saturated carbocycles. The summed E-state index contributed by atoms with van der Waals surface area (Å²) in [5.74, 6) is 0.447. The number of carbonyl (C=O) groups is 1. The summed E-state index contributed by atoms with van der Waals surface area (Å²) in [6.45, 7) is 10.4. The van der Waals surface area contributed by atoms with Crippen LogP contribution in [0, 0.1) is 5.92 Å². The van der Waals surface area contributed by atoms with Crippen LogP contribution in [0.5, 0.6) is 0 Å². The molecule has 3 atom stereocenters. The quantitative estimate of drug-likeness (QED) is 0.682. The molecule has 16 heavy (non-hydrogen) atoms. The molecule has 0 radical (unpaired) electrons. The Hall–Kier alpha value is -0.410. The molecule has 2 heterocycles. The molecule has 0 bridgehead atoms. The lowest BCUT2D eigenvalue weighted by molar-refractivity contribution is -0.162. The summed E-state index contributed by atoms with van der Waals surface area (Å²) < 4.78 is 6.14. The zero-order valence-corrected chi connectivity index (χ0v) is 10.8. The second-order valence-electron chi connectivity index (χ2n) is 5.75. The van der Waals surface area contributed by atoms with E-state index in [1.165, 1.54) is 0 Å². The van der Waals surface area contributed by atoms with Crippen molar-refractivity contribution in [3.63, 3.8) is 0 Å². The number of hydrogen-bond acceptors (Lipinski definition) is 3. The summed E-state index contributed by atoms with van der Waals surface area (Å²) in [6.07, 6.45) is 1.70. The summed E-state index contributed by atoms with van der Waals surface area (Å²) in [5.41, 5.74) is -0.173. The molecule has 2 aliphatic heterocycles. The zero-order valence-electron chi connectivity index (χ0n) is 10.8. The van der Waals surface area contributed by atoms with Crippen molar-refractivity contribution >= 4 is 5.78 Å². The molecular weight excluding hydrogens is 202 g/mol. The Morgan fingerprint density at radius 3 is 2.62 bits per heavy atom. The van der Waals surface area contributed by atoms with E-state index in [0.717, 1.165) is 19.5 Å². The number of ether oxygens (including phenoxy) is 1.